The Hall–Kier alpha value is 0.408. The third-order valence-corrected chi connectivity index (χ3v) is 2.63. The normalized spacial score (nSPS) is 9.00. The predicted octanol–water partition coefficient (Wildman–Crippen LogP) is 4.33. The molecule has 23 heavy (non-hydrogen) atoms. The standard InChI is InChI=1S/C13H11N.C4H11N.C2H6.2Y/c1-14-11-5-8-13(14)10-9-12-6-3-2-4-7-12;1-4(2)5-3;1-2;;/h2-6,8-9,11H,1H3;4-5H,1-3H3;1-2H3;;/q-2;;;;. The van der Waals surface area contributed by atoms with E-state index in [-0.39, 0.29) is 65.4 Å². The number of aryl methyl sites for hydroxylation is 1. The van der Waals surface area contributed by atoms with Gasteiger partial charge < -0.3 is 9.88 Å². The fraction of sp³-hybridized carbons (Fsp3) is 0.368. The molecule has 0 aliphatic carbocycles. The second-order valence-corrected chi connectivity index (χ2v) is 4.55. The van der Waals surface area contributed by atoms with Crippen molar-refractivity contribution in [1.82, 2.24) is 9.88 Å². The van der Waals surface area contributed by atoms with Gasteiger partial charge in [0.1, 0.15) is 0 Å². The van der Waals surface area contributed by atoms with Gasteiger partial charge in [0.15, 0.2) is 0 Å². The van der Waals surface area contributed by atoms with E-state index in [9.17, 15) is 0 Å². The van der Waals surface area contributed by atoms with Gasteiger partial charge in [0.25, 0.3) is 0 Å². The first-order valence-corrected chi connectivity index (χ1v) is 7.48. The molecule has 0 saturated heterocycles. The van der Waals surface area contributed by atoms with E-state index in [2.05, 4.69) is 31.3 Å². The quantitative estimate of drug-likeness (QED) is 0.673. The third-order valence-electron chi connectivity index (χ3n) is 2.63. The van der Waals surface area contributed by atoms with Crippen LogP contribution in [0.2, 0.25) is 0 Å². The van der Waals surface area contributed by atoms with Crippen LogP contribution in [0, 0.1) is 12.1 Å². The molecule has 4 heteroatoms. The zero-order valence-corrected chi connectivity index (χ0v) is 21.0. The van der Waals surface area contributed by atoms with Crippen LogP contribution < -0.4 is 5.32 Å². The number of benzene rings is 1. The maximum atomic E-state index is 3.22. The fourth-order valence-electron chi connectivity index (χ4n) is 1.26. The van der Waals surface area contributed by atoms with E-state index in [1.165, 1.54) is 0 Å². The fourth-order valence-corrected chi connectivity index (χ4v) is 1.26. The predicted molar refractivity (Wildman–Crippen MR) is 93.0 cm³/mol. The molecule has 0 unspecified atom stereocenters. The molecule has 2 rings (SSSR count). The van der Waals surface area contributed by atoms with Crippen molar-refractivity contribution < 1.29 is 65.4 Å². The molecular weight excluding hydrogens is 434 g/mol. The molecule has 2 radical (unpaired) electrons. The van der Waals surface area contributed by atoms with Crippen LogP contribution in [0.1, 0.15) is 39.0 Å². The smallest absolute Gasteiger partial charge is 0.00885 e. The molecule has 0 fully saturated rings. The number of rotatable bonds is 3. The van der Waals surface area contributed by atoms with Gasteiger partial charge in [-0.3, -0.25) is 5.56 Å². The van der Waals surface area contributed by atoms with Crippen molar-refractivity contribution in [2.24, 2.45) is 7.05 Å². The van der Waals surface area contributed by atoms with Gasteiger partial charge >= 0.3 is 0 Å². The first-order valence-electron chi connectivity index (χ1n) is 7.48. The summed E-state index contributed by atoms with van der Waals surface area (Å²) >= 11 is 0. The average molecular weight is 462 g/mol. The Morgan fingerprint density at radius 3 is 2.13 bits per heavy atom. The van der Waals surface area contributed by atoms with Crippen molar-refractivity contribution in [2.45, 2.75) is 33.7 Å². The first kappa shape index (κ1) is 28.2. The second kappa shape index (κ2) is 18.7. The van der Waals surface area contributed by atoms with E-state index >= 15 is 0 Å². The van der Waals surface area contributed by atoms with Crippen LogP contribution in [-0.4, -0.2) is 17.7 Å². The molecule has 0 bridgehead atoms. The van der Waals surface area contributed by atoms with Crippen LogP contribution in [0.5, 0.6) is 0 Å². The minimum Gasteiger partial charge on any atom is -0.376 e. The molecule has 0 aliphatic heterocycles. The summed E-state index contributed by atoms with van der Waals surface area (Å²) in [6.45, 7) is 8.22. The first-order chi connectivity index (χ1) is 10.1. The molecule has 1 N–H and O–H groups in total. The third kappa shape index (κ3) is 14.5. The van der Waals surface area contributed by atoms with E-state index < -0.39 is 0 Å². The van der Waals surface area contributed by atoms with E-state index in [0.29, 0.717) is 6.04 Å². The molecule has 0 aliphatic rings. The van der Waals surface area contributed by atoms with Crippen molar-refractivity contribution in [3.63, 3.8) is 0 Å². The number of nitrogens with zero attached hydrogens (tertiary/aromatic N) is 1. The molecule has 2 nitrogen and oxygen atoms in total. The number of hydrogen-bond acceptors (Lipinski definition) is 1. The van der Waals surface area contributed by atoms with Crippen molar-refractivity contribution in [2.75, 3.05) is 7.05 Å². The molecule has 122 valence electrons. The minimum absolute atomic E-state index is 0. The number of hydrogen-bond donors (Lipinski definition) is 1. The molecule has 0 saturated carbocycles. The van der Waals surface area contributed by atoms with Crippen molar-refractivity contribution >= 4 is 6.08 Å². The topological polar surface area (TPSA) is 17.0 Å². The Labute approximate surface area is 193 Å². The summed E-state index contributed by atoms with van der Waals surface area (Å²) in [5.74, 6) is 0. The van der Waals surface area contributed by atoms with Gasteiger partial charge in [0.2, 0.25) is 0 Å². The summed E-state index contributed by atoms with van der Waals surface area (Å²) in [5, 5.41) is 3.03. The van der Waals surface area contributed by atoms with Gasteiger partial charge in [0.05, 0.1) is 0 Å². The van der Waals surface area contributed by atoms with Crippen molar-refractivity contribution in [3.8, 4) is 0 Å². The maximum Gasteiger partial charge on any atom is 0.00885 e. The van der Waals surface area contributed by atoms with E-state index in [4.69, 9.17) is 0 Å². The van der Waals surface area contributed by atoms with Gasteiger partial charge in [-0.15, -0.1) is 12.1 Å². The van der Waals surface area contributed by atoms with Crippen LogP contribution >= 0.6 is 0 Å². The van der Waals surface area contributed by atoms with Crippen molar-refractivity contribution in [1.29, 1.82) is 0 Å². The summed E-state index contributed by atoms with van der Waals surface area (Å²) in [6.07, 6.45) is 7.16. The average Bonchev–Trinajstić information content (AvgIpc) is 2.94. The van der Waals surface area contributed by atoms with Crippen LogP contribution in [0.3, 0.4) is 0 Å². The van der Waals surface area contributed by atoms with E-state index in [0.717, 1.165) is 11.3 Å². The molecule has 0 spiro atoms. The minimum atomic E-state index is 0. The van der Waals surface area contributed by atoms with Crippen LogP contribution in [0.4, 0.5) is 0 Å². The zero-order valence-electron chi connectivity index (χ0n) is 15.3. The van der Waals surface area contributed by atoms with E-state index in [1.54, 1.807) is 0 Å². The Morgan fingerprint density at radius 1 is 1.13 bits per heavy atom. The maximum absolute atomic E-state index is 3.22. The molecule has 2 aromatic rings. The zero-order chi connectivity index (χ0) is 16.1. The Morgan fingerprint density at radius 2 is 1.74 bits per heavy atom. The Kier molecular flexibility index (Phi) is 23.0. The summed E-state index contributed by atoms with van der Waals surface area (Å²) in [7, 11) is 3.95. The van der Waals surface area contributed by atoms with Crippen molar-refractivity contribution in [3.05, 3.63) is 66.0 Å². The monoisotopic (exact) mass is 462 g/mol. The van der Waals surface area contributed by atoms with Gasteiger partial charge in [-0.2, -0.15) is 18.2 Å². The summed E-state index contributed by atoms with van der Waals surface area (Å²) in [4.78, 5) is 0. The Balaban J connectivity index is -0.000000387. The van der Waals surface area contributed by atoms with Gasteiger partial charge in [0, 0.05) is 78.5 Å². The van der Waals surface area contributed by atoms with Crippen LogP contribution in [0.25, 0.3) is 6.08 Å². The number of nitrogens with one attached hydrogen (secondary N) is 1. The molecule has 1 aromatic carbocycles. The summed E-state index contributed by atoms with van der Waals surface area (Å²) < 4.78 is 2.03. The van der Waals surface area contributed by atoms with Gasteiger partial charge in [-0.05, 0) is 13.2 Å². The number of aromatic nitrogens is 1. The summed E-state index contributed by atoms with van der Waals surface area (Å²) in [5.41, 5.74) is 2.12. The van der Waals surface area contributed by atoms with Gasteiger partial charge in [-0.25, -0.2) is 18.2 Å². The summed E-state index contributed by atoms with van der Waals surface area (Å²) in [6, 6.07) is 15.7. The Bertz CT molecular complexity index is 491. The second-order valence-electron chi connectivity index (χ2n) is 4.55. The SMILES string of the molecule is CC.CNC(C)C.Cn1cccc1[C-]=Cc1[c-]cccc1.[Y].[Y]. The largest absolute Gasteiger partial charge is 0.376 e. The molecule has 0 atom stereocenters. The van der Waals surface area contributed by atoms with Crippen LogP contribution in [0.15, 0.2) is 42.6 Å². The van der Waals surface area contributed by atoms with Gasteiger partial charge in [-0.1, -0.05) is 39.5 Å². The molecule has 0 amide bonds. The van der Waals surface area contributed by atoms with E-state index in [1.807, 2.05) is 81.2 Å². The molecule has 1 aromatic heterocycles. The molecule has 1 heterocycles. The molecular formula is C19H28N2Y2-2. The van der Waals surface area contributed by atoms with Crippen LogP contribution in [-0.2, 0) is 72.5 Å².